The van der Waals surface area contributed by atoms with E-state index < -0.39 is 0 Å². The number of rotatable bonds is 4. The molecular weight excluding hydrogens is 288 g/mol. The summed E-state index contributed by atoms with van der Waals surface area (Å²) in [6.45, 7) is 0.788. The zero-order chi connectivity index (χ0) is 14.9. The zero-order valence-corrected chi connectivity index (χ0v) is 11.7. The number of benzene rings is 1. The van der Waals surface area contributed by atoms with Crippen LogP contribution in [0, 0.1) is 0 Å². The molecule has 9 heteroatoms. The van der Waals surface area contributed by atoms with E-state index in [1.807, 2.05) is 18.2 Å². The minimum Gasteiger partial charge on any atom is -0.454 e. The van der Waals surface area contributed by atoms with E-state index in [9.17, 15) is 0 Å². The molecule has 0 saturated heterocycles. The Labute approximate surface area is 124 Å². The molecule has 0 spiro atoms. The number of aromatic nitrogens is 5. The standard InChI is InChI=1S/C13H12N6O3/c1-19-6-9(15-18-19)12-16-17-13(22-12)14-5-8-2-3-10-11(4-8)21-7-20-10/h2-4,6H,5,7H2,1H3,(H,14,17). The number of aryl methyl sites for hydroxylation is 1. The van der Waals surface area contributed by atoms with Gasteiger partial charge in [-0.05, 0) is 17.7 Å². The maximum absolute atomic E-state index is 5.49. The lowest BCUT2D eigenvalue weighted by Gasteiger charge is -2.03. The number of anilines is 1. The topological polar surface area (TPSA) is 100 Å². The quantitative estimate of drug-likeness (QED) is 0.767. The molecular formula is C13H12N6O3. The van der Waals surface area contributed by atoms with Crippen LogP contribution in [0.2, 0.25) is 0 Å². The fourth-order valence-corrected chi connectivity index (χ4v) is 2.07. The van der Waals surface area contributed by atoms with E-state index in [2.05, 4.69) is 25.8 Å². The van der Waals surface area contributed by atoms with Gasteiger partial charge in [-0.15, -0.1) is 10.2 Å². The fraction of sp³-hybridized carbons (Fsp3) is 0.231. The number of nitrogens with one attached hydrogen (secondary N) is 1. The number of hydrogen-bond acceptors (Lipinski definition) is 8. The molecule has 0 bridgehead atoms. The lowest BCUT2D eigenvalue weighted by Crippen LogP contribution is -1.99. The summed E-state index contributed by atoms with van der Waals surface area (Å²) < 4.78 is 17.7. The largest absolute Gasteiger partial charge is 0.454 e. The molecule has 0 unspecified atom stereocenters. The molecule has 3 aromatic rings. The van der Waals surface area contributed by atoms with Crippen molar-refractivity contribution in [3.63, 3.8) is 0 Å². The van der Waals surface area contributed by atoms with E-state index in [4.69, 9.17) is 13.9 Å². The third kappa shape index (κ3) is 2.32. The van der Waals surface area contributed by atoms with Gasteiger partial charge in [0.05, 0.1) is 6.20 Å². The van der Waals surface area contributed by atoms with Crippen LogP contribution in [0.25, 0.3) is 11.6 Å². The molecule has 4 rings (SSSR count). The van der Waals surface area contributed by atoms with Crippen LogP contribution in [0.4, 0.5) is 6.01 Å². The summed E-state index contributed by atoms with van der Waals surface area (Å²) in [4.78, 5) is 0. The van der Waals surface area contributed by atoms with E-state index in [0.29, 0.717) is 24.1 Å². The van der Waals surface area contributed by atoms with Crippen LogP contribution in [-0.4, -0.2) is 32.0 Å². The monoisotopic (exact) mass is 300 g/mol. The molecule has 0 aliphatic carbocycles. The van der Waals surface area contributed by atoms with E-state index >= 15 is 0 Å². The molecule has 1 aliphatic rings. The van der Waals surface area contributed by atoms with Crippen molar-refractivity contribution in [3.05, 3.63) is 30.0 Å². The summed E-state index contributed by atoms with van der Waals surface area (Å²) in [5, 5.41) is 18.7. The summed E-state index contributed by atoms with van der Waals surface area (Å²) in [6, 6.07) is 6.05. The Balaban J connectivity index is 1.45. The number of hydrogen-bond donors (Lipinski definition) is 1. The van der Waals surface area contributed by atoms with Crippen molar-refractivity contribution >= 4 is 6.01 Å². The third-order valence-electron chi connectivity index (χ3n) is 3.13. The molecule has 112 valence electrons. The molecule has 3 heterocycles. The van der Waals surface area contributed by atoms with E-state index in [0.717, 1.165) is 17.1 Å². The Kier molecular flexibility index (Phi) is 2.88. The van der Waals surface area contributed by atoms with Crippen LogP contribution in [0.15, 0.2) is 28.8 Å². The minimum absolute atomic E-state index is 0.261. The van der Waals surface area contributed by atoms with Gasteiger partial charge >= 0.3 is 6.01 Å². The van der Waals surface area contributed by atoms with Gasteiger partial charge in [-0.3, -0.25) is 4.68 Å². The van der Waals surface area contributed by atoms with Gasteiger partial charge < -0.3 is 19.2 Å². The molecule has 0 atom stereocenters. The number of fused-ring (bicyclic) bond motifs is 1. The van der Waals surface area contributed by atoms with Gasteiger partial charge in [0, 0.05) is 13.6 Å². The van der Waals surface area contributed by atoms with Crippen molar-refractivity contribution in [2.75, 3.05) is 12.1 Å². The molecule has 0 saturated carbocycles. The Morgan fingerprint density at radius 2 is 2.09 bits per heavy atom. The molecule has 9 nitrogen and oxygen atoms in total. The molecule has 1 N–H and O–H groups in total. The second-order valence-electron chi connectivity index (χ2n) is 4.73. The van der Waals surface area contributed by atoms with E-state index in [1.54, 1.807) is 17.9 Å². The highest BCUT2D eigenvalue weighted by Gasteiger charge is 2.14. The molecule has 0 amide bonds. The highest BCUT2D eigenvalue weighted by atomic mass is 16.7. The average Bonchev–Trinajstić information content (AvgIpc) is 3.24. The summed E-state index contributed by atoms with van der Waals surface area (Å²) in [5.74, 6) is 1.82. The van der Waals surface area contributed by atoms with Crippen molar-refractivity contribution in [3.8, 4) is 23.1 Å². The first kappa shape index (κ1) is 12.6. The van der Waals surface area contributed by atoms with Gasteiger partial charge in [0.15, 0.2) is 17.2 Å². The van der Waals surface area contributed by atoms with Gasteiger partial charge in [0.25, 0.3) is 5.89 Å². The Morgan fingerprint density at radius 3 is 2.95 bits per heavy atom. The van der Waals surface area contributed by atoms with Crippen molar-refractivity contribution < 1.29 is 13.9 Å². The minimum atomic E-state index is 0.261. The summed E-state index contributed by atoms with van der Waals surface area (Å²) in [7, 11) is 1.77. The predicted octanol–water partition coefficient (Wildman–Crippen LogP) is 1.21. The van der Waals surface area contributed by atoms with Gasteiger partial charge in [-0.25, -0.2) is 0 Å². The van der Waals surface area contributed by atoms with E-state index in [-0.39, 0.29) is 6.79 Å². The van der Waals surface area contributed by atoms with Gasteiger partial charge in [0.2, 0.25) is 6.79 Å². The molecule has 1 aromatic carbocycles. The fourth-order valence-electron chi connectivity index (χ4n) is 2.07. The highest BCUT2D eigenvalue weighted by Crippen LogP contribution is 2.32. The Bertz CT molecular complexity index is 812. The molecule has 22 heavy (non-hydrogen) atoms. The van der Waals surface area contributed by atoms with Crippen molar-refractivity contribution in [1.29, 1.82) is 0 Å². The summed E-state index contributed by atoms with van der Waals surface area (Å²) >= 11 is 0. The van der Waals surface area contributed by atoms with Crippen molar-refractivity contribution in [2.24, 2.45) is 7.05 Å². The van der Waals surface area contributed by atoms with Crippen LogP contribution >= 0.6 is 0 Å². The Hall–Kier alpha value is -3.10. The SMILES string of the molecule is Cn1cc(-c2nnc(NCc3ccc4c(c3)OCO4)o2)nn1. The molecule has 2 aromatic heterocycles. The van der Waals surface area contributed by atoms with Crippen LogP contribution in [0.5, 0.6) is 11.5 Å². The second kappa shape index (κ2) is 5.02. The average molecular weight is 300 g/mol. The number of ether oxygens (including phenoxy) is 2. The maximum Gasteiger partial charge on any atom is 0.316 e. The lowest BCUT2D eigenvalue weighted by atomic mass is 10.2. The number of nitrogens with zero attached hydrogens (tertiary/aromatic N) is 5. The first-order valence-corrected chi connectivity index (χ1v) is 6.60. The van der Waals surface area contributed by atoms with Crippen LogP contribution < -0.4 is 14.8 Å². The Morgan fingerprint density at radius 1 is 1.18 bits per heavy atom. The van der Waals surface area contributed by atoms with Crippen molar-refractivity contribution in [2.45, 2.75) is 6.54 Å². The second-order valence-corrected chi connectivity index (χ2v) is 4.73. The van der Waals surface area contributed by atoms with Crippen LogP contribution in [0.3, 0.4) is 0 Å². The molecule has 0 radical (unpaired) electrons. The first-order valence-electron chi connectivity index (χ1n) is 6.60. The van der Waals surface area contributed by atoms with Gasteiger partial charge in [-0.1, -0.05) is 16.4 Å². The normalized spacial score (nSPS) is 12.6. The molecule has 0 fully saturated rings. The first-order chi connectivity index (χ1) is 10.8. The lowest BCUT2D eigenvalue weighted by molar-refractivity contribution is 0.174. The molecule has 1 aliphatic heterocycles. The highest BCUT2D eigenvalue weighted by molar-refractivity contribution is 5.46. The van der Waals surface area contributed by atoms with Crippen molar-refractivity contribution in [1.82, 2.24) is 25.2 Å². The summed E-state index contributed by atoms with van der Waals surface area (Å²) in [5.41, 5.74) is 1.55. The maximum atomic E-state index is 5.49. The van der Waals surface area contributed by atoms with Gasteiger partial charge in [0.1, 0.15) is 0 Å². The van der Waals surface area contributed by atoms with Crippen LogP contribution in [0.1, 0.15) is 5.56 Å². The zero-order valence-electron chi connectivity index (χ0n) is 11.7. The third-order valence-corrected chi connectivity index (χ3v) is 3.13. The van der Waals surface area contributed by atoms with Crippen LogP contribution in [-0.2, 0) is 13.6 Å². The summed E-state index contributed by atoms with van der Waals surface area (Å²) in [6.07, 6.45) is 1.70. The predicted molar refractivity (Wildman–Crippen MR) is 74.2 cm³/mol. The van der Waals surface area contributed by atoms with E-state index in [1.165, 1.54) is 0 Å². The van der Waals surface area contributed by atoms with Gasteiger partial charge in [-0.2, -0.15) is 0 Å². The smallest absolute Gasteiger partial charge is 0.316 e.